The van der Waals surface area contributed by atoms with E-state index in [0.717, 1.165) is 21.8 Å². The first-order valence-electron chi connectivity index (χ1n) is 6.45. The Labute approximate surface area is 126 Å². The van der Waals surface area contributed by atoms with Crippen molar-refractivity contribution in [1.29, 1.82) is 0 Å². The molecule has 1 aromatic heterocycles. The molecule has 0 bridgehead atoms. The summed E-state index contributed by atoms with van der Waals surface area (Å²) in [5.41, 5.74) is 2.80. The van der Waals surface area contributed by atoms with Crippen molar-refractivity contribution < 1.29 is 14.5 Å². The van der Waals surface area contributed by atoms with Gasteiger partial charge in [0.05, 0.1) is 29.6 Å². The third-order valence-electron chi connectivity index (χ3n) is 3.32. The smallest absolute Gasteiger partial charge is 0.404 e. The molecule has 0 unspecified atom stereocenters. The van der Waals surface area contributed by atoms with E-state index in [2.05, 4.69) is 10.3 Å². The second-order valence-electron chi connectivity index (χ2n) is 4.78. The highest BCUT2D eigenvalue weighted by Crippen LogP contribution is 2.50. The molecule has 2 aromatic rings. The van der Waals surface area contributed by atoms with Gasteiger partial charge >= 0.3 is 6.03 Å². The molecule has 1 aromatic carbocycles. The highest BCUT2D eigenvalue weighted by Gasteiger charge is 2.59. The maximum absolute atomic E-state index is 5.20. The fourth-order valence-electron chi connectivity index (χ4n) is 2.27. The lowest BCUT2D eigenvalue weighted by Crippen LogP contribution is -2.42. The van der Waals surface area contributed by atoms with Gasteiger partial charge in [-0.1, -0.05) is 12.1 Å². The Morgan fingerprint density at radius 3 is 2.86 bits per heavy atom. The minimum absolute atomic E-state index is 0.612. The number of nitrogens with one attached hydrogen (secondary N) is 1. The van der Waals surface area contributed by atoms with Gasteiger partial charge in [-0.3, -0.25) is 0 Å². The molecule has 1 spiro atoms. The largest absolute Gasteiger partial charge is 0.481 e. The summed E-state index contributed by atoms with van der Waals surface area (Å²) in [6.07, 6.45) is 1.74. The number of benzene rings is 1. The molecule has 2 aliphatic rings. The van der Waals surface area contributed by atoms with Crippen molar-refractivity contribution in [3.63, 3.8) is 0 Å². The van der Waals surface area contributed by atoms with Crippen LogP contribution < -0.4 is 14.4 Å². The number of nitrogens with zero attached hydrogens (tertiary/aromatic N) is 2. The van der Waals surface area contributed by atoms with E-state index in [9.17, 15) is 0 Å². The molecule has 0 radical (unpaired) electrons. The van der Waals surface area contributed by atoms with Crippen LogP contribution in [0.1, 0.15) is 5.56 Å². The molecular weight excluding hydrogens is 290 g/mol. The third kappa shape index (κ3) is 2.01. The molecule has 1 fully saturated rings. The van der Waals surface area contributed by atoms with Crippen molar-refractivity contribution >= 4 is 23.3 Å². The minimum atomic E-state index is -0.957. The van der Waals surface area contributed by atoms with Crippen LogP contribution in [0, 0.1) is 6.92 Å². The third-order valence-corrected chi connectivity index (χ3v) is 4.51. The number of para-hydroxylation sites is 1. The highest BCUT2D eigenvalue weighted by atomic mass is 32.2. The van der Waals surface area contributed by atoms with Crippen molar-refractivity contribution in [3.8, 4) is 5.88 Å². The normalized spacial score (nSPS) is 18.1. The molecule has 6 nitrogen and oxygen atoms in total. The average Bonchev–Trinajstić information content (AvgIpc) is 3.26. The summed E-state index contributed by atoms with van der Waals surface area (Å²) >= 11 is 1.54. The van der Waals surface area contributed by atoms with Crippen molar-refractivity contribution in [1.82, 2.24) is 4.98 Å². The van der Waals surface area contributed by atoms with E-state index in [1.165, 1.54) is 0 Å². The summed E-state index contributed by atoms with van der Waals surface area (Å²) in [6.45, 7) is 1.95. The summed E-state index contributed by atoms with van der Waals surface area (Å²) in [6, 6.07) is 9.03. The summed E-state index contributed by atoms with van der Waals surface area (Å²) < 4.78 is 7.11. The number of hydrogen-bond donors (Lipinski definition) is 1. The molecule has 7 heteroatoms. The average molecular weight is 303 g/mol. The van der Waals surface area contributed by atoms with Gasteiger partial charge in [0.25, 0.3) is 0 Å². The number of aryl methyl sites for hydroxylation is 1. The van der Waals surface area contributed by atoms with Crippen LogP contribution in [0.25, 0.3) is 0 Å². The van der Waals surface area contributed by atoms with Crippen LogP contribution in [0.5, 0.6) is 5.88 Å². The molecule has 0 amide bonds. The minimum Gasteiger partial charge on any atom is -0.481 e. The van der Waals surface area contributed by atoms with Gasteiger partial charge in [0.1, 0.15) is 0 Å². The number of aromatic nitrogens is 1. The molecule has 3 heterocycles. The number of fused-ring (bicyclic) bond motifs is 1. The number of rotatable bonds is 2. The molecular formula is C14H13N3O3S. The standard InChI is InChI=1S/C14H13N3O3S/c1-9-7-10(8-15-13(9)18-2)17-14(19-20-14)16-11-5-3-4-6-12(11)21-17/h3-8,16H,1-2H3. The van der Waals surface area contributed by atoms with Crippen LogP contribution in [0.15, 0.2) is 41.4 Å². The lowest BCUT2D eigenvalue weighted by molar-refractivity contribution is 0.0850. The van der Waals surface area contributed by atoms with E-state index < -0.39 is 6.03 Å². The van der Waals surface area contributed by atoms with Crippen molar-refractivity contribution in [2.45, 2.75) is 17.9 Å². The Kier molecular flexibility index (Phi) is 2.75. The highest BCUT2D eigenvalue weighted by molar-refractivity contribution is 8.01. The Balaban J connectivity index is 1.73. The van der Waals surface area contributed by atoms with Gasteiger partial charge < -0.3 is 10.1 Å². The number of methoxy groups -OCH3 is 1. The van der Waals surface area contributed by atoms with Crippen LogP contribution in [-0.2, 0) is 9.78 Å². The van der Waals surface area contributed by atoms with Gasteiger partial charge in [-0.25, -0.2) is 9.29 Å². The van der Waals surface area contributed by atoms with Crippen molar-refractivity contribution in [2.75, 3.05) is 16.7 Å². The maximum atomic E-state index is 5.20. The molecule has 1 saturated heterocycles. The summed E-state index contributed by atoms with van der Waals surface area (Å²) in [5.74, 6) is 0.612. The van der Waals surface area contributed by atoms with Gasteiger partial charge in [0.15, 0.2) is 0 Å². The maximum Gasteiger partial charge on any atom is 0.404 e. The van der Waals surface area contributed by atoms with Crippen molar-refractivity contribution in [2.24, 2.45) is 0 Å². The van der Waals surface area contributed by atoms with Gasteiger partial charge in [-0.15, -0.1) is 9.78 Å². The van der Waals surface area contributed by atoms with Crippen LogP contribution >= 0.6 is 11.9 Å². The Hall–Kier alpha value is -1.96. The topological polar surface area (TPSA) is 62.5 Å². The predicted octanol–water partition coefficient (Wildman–Crippen LogP) is 2.91. The molecule has 108 valence electrons. The van der Waals surface area contributed by atoms with Gasteiger partial charge in [0.2, 0.25) is 5.88 Å². The van der Waals surface area contributed by atoms with E-state index in [1.54, 1.807) is 25.3 Å². The Morgan fingerprint density at radius 2 is 2.14 bits per heavy atom. The number of pyridine rings is 1. The first-order chi connectivity index (χ1) is 10.2. The summed E-state index contributed by atoms with van der Waals surface area (Å²) in [7, 11) is 1.61. The Bertz CT molecular complexity index is 706. The molecule has 21 heavy (non-hydrogen) atoms. The van der Waals surface area contributed by atoms with Gasteiger partial charge in [0, 0.05) is 5.56 Å². The zero-order valence-electron chi connectivity index (χ0n) is 11.5. The molecule has 0 saturated carbocycles. The van der Waals surface area contributed by atoms with E-state index >= 15 is 0 Å². The first kappa shape index (κ1) is 12.8. The zero-order chi connectivity index (χ0) is 14.4. The SMILES string of the molecule is COc1ncc(N2Sc3ccccc3NC23OO3)cc1C. The molecule has 0 atom stereocenters. The monoisotopic (exact) mass is 303 g/mol. The van der Waals surface area contributed by atoms with Gasteiger partial charge in [-0.05, 0) is 37.1 Å². The van der Waals surface area contributed by atoms with Gasteiger partial charge in [-0.2, -0.15) is 0 Å². The van der Waals surface area contributed by atoms with Crippen LogP contribution in [0.3, 0.4) is 0 Å². The Morgan fingerprint density at radius 1 is 1.33 bits per heavy atom. The van der Waals surface area contributed by atoms with Crippen LogP contribution in [0.4, 0.5) is 11.4 Å². The molecule has 4 rings (SSSR count). The number of anilines is 2. The second-order valence-corrected chi connectivity index (χ2v) is 5.76. The number of hydrogen-bond acceptors (Lipinski definition) is 7. The predicted molar refractivity (Wildman–Crippen MR) is 78.8 cm³/mol. The molecule has 1 N–H and O–H groups in total. The van der Waals surface area contributed by atoms with E-state index in [0.29, 0.717) is 5.88 Å². The lowest BCUT2D eigenvalue weighted by Gasteiger charge is -2.32. The second kappa shape index (κ2) is 4.52. The van der Waals surface area contributed by atoms with E-state index in [1.807, 2.05) is 41.6 Å². The lowest BCUT2D eigenvalue weighted by atomic mass is 10.2. The van der Waals surface area contributed by atoms with E-state index in [4.69, 9.17) is 14.5 Å². The summed E-state index contributed by atoms with van der Waals surface area (Å²) in [5, 5.41) is 3.25. The molecule has 2 aliphatic heterocycles. The zero-order valence-corrected chi connectivity index (χ0v) is 12.3. The summed E-state index contributed by atoms with van der Waals surface area (Å²) in [4.78, 5) is 15.8. The molecule has 0 aliphatic carbocycles. The quantitative estimate of drug-likeness (QED) is 0.520. The number of ether oxygens (including phenoxy) is 1. The van der Waals surface area contributed by atoms with E-state index in [-0.39, 0.29) is 0 Å². The fourth-order valence-corrected chi connectivity index (χ4v) is 3.26. The first-order valence-corrected chi connectivity index (χ1v) is 7.22. The van der Waals surface area contributed by atoms with Crippen LogP contribution in [-0.4, -0.2) is 18.1 Å². The van der Waals surface area contributed by atoms with Crippen LogP contribution in [0.2, 0.25) is 0 Å². The fraction of sp³-hybridized carbons (Fsp3) is 0.214. The van der Waals surface area contributed by atoms with Crippen molar-refractivity contribution in [3.05, 3.63) is 42.1 Å².